The molecule has 0 bridgehead atoms. The van der Waals surface area contributed by atoms with Crippen molar-refractivity contribution in [2.24, 2.45) is 0 Å². The standard InChI is InChI=1S/C11H13N3O/c1-9(10-2-4-12-5-3-10)14-7-11-6-13-8-15-11/h2-6,8-9,14H,7H2,1H3. The molecule has 2 aromatic rings. The highest BCUT2D eigenvalue weighted by atomic mass is 16.3. The largest absolute Gasteiger partial charge is 0.447 e. The van der Waals surface area contributed by atoms with Gasteiger partial charge in [0.2, 0.25) is 0 Å². The minimum absolute atomic E-state index is 0.276. The van der Waals surface area contributed by atoms with E-state index in [4.69, 9.17) is 4.42 Å². The van der Waals surface area contributed by atoms with Crippen LogP contribution in [0.3, 0.4) is 0 Å². The summed E-state index contributed by atoms with van der Waals surface area (Å²) in [5, 5.41) is 3.34. The predicted molar refractivity (Wildman–Crippen MR) is 56.0 cm³/mol. The zero-order valence-corrected chi connectivity index (χ0v) is 8.55. The van der Waals surface area contributed by atoms with Crippen molar-refractivity contribution in [2.75, 3.05) is 0 Å². The van der Waals surface area contributed by atoms with Gasteiger partial charge in [0, 0.05) is 18.4 Å². The summed E-state index contributed by atoms with van der Waals surface area (Å²) in [5.41, 5.74) is 1.21. The van der Waals surface area contributed by atoms with E-state index < -0.39 is 0 Å². The minimum Gasteiger partial charge on any atom is -0.447 e. The Balaban J connectivity index is 1.90. The molecule has 0 saturated carbocycles. The maximum Gasteiger partial charge on any atom is 0.180 e. The second-order valence-electron chi connectivity index (χ2n) is 3.35. The average molecular weight is 203 g/mol. The normalized spacial score (nSPS) is 12.6. The number of nitrogens with one attached hydrogen (secondary N) is 1. The maximum absolute atomic E-state index is 5.13. The summed E-state index contributed by atoms with van der Waals surface area (Å²) in [6.45, 7) is 2.79. The number of hydrogen-bond donors (Lipinski definition) is 1. The topological polar surface area (TPSA) is 51.0 Å². The molecule has 0 aromatic carbocycles. The van der Waals surface area contributed by atoms with Crippen LogP contribution < -0.4 is 5.32 Å². The Morgan fingerprint density at radius 2 is 2.13 bits per heavy atom. The molecule has 2 heterocycles. The molecule has 1 atom stereocenters. The van der Waals surface area contributed by atoms with Crippen molar-refractivity contribution in [3.63, 3.8) is 0 Å². The van der Waals surface area contributed by atoms with Crippen molar-refractivity contribution in [1.82, 2.24) is 15.3 Å². The molecular formula is C11H13N3O. The zero-order valence-electron chi connectivity index (χ0n) is 8.55. The van der Waals surface area contributed by atoms with E-state index in [0.717, 1.165) is 5.76 Å². The monoisotopic (exact) mass is 203 g/mol. The van der Waals surface area contributed by atoms with Gasteiger partial charge in [-0.25, -0.2) is 4.98 Å². The van der Waals surface area contributed by atoms with Crippen molar-refractivity contribution in [2.45, 2.75) is 19.5 Å². The highest BCUT2D eigenvalue weighted by molar-refractivity contribution is 5.14. The third-order valence-electron chi connectivity index (χ3n) is 2.27. The van der Waals surface area contributed by atoms with E-state index in [1.54, 1.807) is 18.6 Å². The van der Waals surface area contributed by atoms with Gasteiger partial charge >= 0.3 is 0 Å². The number of aromatic nitrogens is 2. The van der Waals surface area contributed by atoms with Crippen LogP contribution in [-0.4, -0.2) is 9.97 Å². The fourth-order valence-corrected chi connectivity index (χ4v) is 1.35. The molecule has 0 aliphatic carbocycles. The first-order valence-corrected chi connectivity index (χ1v) is 4.87. The van der Waals surface area contributed by atoms with E-state index in [2.05, 4.69) is 22.2 Å². The molecule has 2 rings (SSSR count). The second-order valence-corrected chi connectivity index (χ2v) is 3.35. The molecule has 0 spiro atoms. The summed E-state index contributed by atoms with van der Waals surface area (Å²) in [5.74, 6) is 0.843. The van der Waals surface area contributed by atoms with E-state index in [-0.39, 0.29) is 6.04 Å². The van der Waals surface area contributed by atoms with Crippen molar-refractivity contribution >= 4 is 0 Å². The van der Waals surface area contributed by atoms with Crippen LogP contribution in [0.4, 0.5) is 0 Å². The third kappa shape index (κ3) is 2.63. The van der Waals surface area contributed by atoms with Crippen molar-refractivity contribution in [3.05, 3.63) is 48.4 Å². The van der Waals surface area contributed by atoms with Gasteiger partial charge < -0.3 is 9.73 Å². The summed E-state index contributed by atoms with van der Waals surface area (Å²) in [4.78, 5) is 7.84. The molecule has 0 aliphatic heterocycles. The van der Waals surface area contributed by atoms with Crippen LogP contribution in [0.25, 0.3) is 0 Å². The summed E-state index contributed by atoms with van der Waals surface area (Å²) in [7, 11) is 0. The smallest absolute Gasteiger partial charge is 0.180 e. The molecule has 2 aromatic heterocycles. The minimum atomic E-state index is 0.276. The zero-order chi connectivity index (χ0) is 10.5. The number of nitrogens with zero attached hydrogens (tertiary/aromatic N) is 2. The first-order chi connectivity index (χ1) is 7.36. The fraction of sp³-hybridized carbons (Fsp3) is 0.273. The second kappa shape index (κ2) is 4.70. The number of rotatable bonds is 4. The van der Waals surface area contributed by atoms with Crippen LogP contribution in [0, 0.1) is 0 Å². The highest BCUT2D eigenvalue weighted by Crippen LogP contribution is 2.10. The van der Waals surface area contributed by atoms with Gasteiger partial charge in [-0.05, 0) is 24.6 Å². The third-order valence-corrected chi connectivity index (χ3v) is 2.27. The van der Waals surface area contributed by atoms with Crippen LogP contribution in [-0.2, 0) is 6.54 Å². The first kappa shape index (κ1) is 9.86. The first-order valence-electron chi connectivity index (χ1n) is 4.87. The molecule has 0 amide bonds. The summed E-state index contributed by atoms with van der Waals surface area (Å²) < 4.78 is 5.13. The van der Waals surface area contributed by atoms with Crippen LogP contribution in [0.1, 0.15) is 24.3 Å². The molecule has 1 unspecified atom stereocenters. The number of pyridine rings is 1. The van der Waals surface area contributed by atoms with Crippen LogP contribution in [0.5, 0.6) is 0 Å². The maximum atomic E-state index is 5.13. The van der Waals surface area contributed by atoms with Gasteiger partial charge in [-0.15, -0.1) is 0 Å². The Morgan fingerprint density at radius 1 is 1.33 bits per heavy atom. The SMILES string of the molecule is CC(NCc1cnco1)c1ccncc1. The quantitative estimate of drug-likeness (QED) is 0.824. The lowest BCUT2D eigenvalue weighted by molar-refractivity contribution is 0.458. The van der Waals surface area contributed by atoms with Crippen molar-refractivity contribution < 1.29 is 4.42 Å². The Labute approximate surface area is 88.4 Å². The van der Waals surface area contributed by atoms with E-state index in [9.17, 15) is 0 Å². The Morgan fingerprint density at radius 3 is 2.80 bits per heavy atom. The highest BCUT2D eigenvalue weighted by Gasteiger charge is 2.04. The van der Waals surface area contributed by atoms with Crippen LogP contribution >= 0.6 is 0 Å². The average Bonchev–Trinajstić information content (AvgIpc) is 2.80. The lowest BCUT2D eigenvalue weighted by atomic mass is 10.1. The Hall–Kier alpha value is -1.68. The molecule has 0 radical (unpaired) electrons. The van der Waals surface area contributed by atoms with Gasteiger partial charge in [-0.3, -0.25) is 4.98 Å². The van der Waals surface area contributed by atoms with Crippen molar-refractivity contribution in [1.29, 1.82) is 0 Å². The summed E-state index contributed by atoms with van der Waals surface area (Å²) in [6, 6.07) is 4.27. The molecule has 1 N–H and O–H groups in total. The van der Waals surface area contributed by atoms with E-state index in [1.807, 2.05) is 12.1 Å². The number of hydrogen-bond acceptors (Lipinski definition) is 4. The summed E-state index contributed by atoms with van der Waals surface area (Å²) in [6.07, 6.45) is 6.74. The fourth-order valence-electron chi connectivity index (χ4n) is 1.35. The van der Waals surface area contributed by atoms with E-state index in [1.165, 1.54) is 12.0 Å². The molecule has 15 heavy (non-hydrogen) atoms. The lowest BCUT2D eigenvalue weighted by Gasteiger charge is -2.12. The van der Waals surface area contributed by atoms with Gasteiger partial charge in [0.1, 0.15) is 5.76 Å². The van der Waals surface area contributed by atoms with E-state index >= 15 is 0 Å². The molecule has 4 nitrogen and oxygen atoms in total. The molecule has 0 aliphatic rings. The molecule has 0 fully saturated rings. The van der Waals surface area contributed by atoms with Gasteiger partial charge in [0.05, 0.1) is 12.7 Å². The van der Waals surface area contributed by atoms with E-state index in [0.29, 0.717) is 6.54 Å². The van der Waals surface area contributed by atoms with Gasteiger partial charge in [-0.1, -0.05) is 0 Å². The molecule has 78 valence electrons. The lowest BCUT2D eigenvalue weighted by Crippen LogP contribution is -2.17. The van der Waals surface area contributed by atoms with Gasteiger partial charge in [-0.2, -0.15) is 0 Å². The molecule has 0 saturated heterocycles. The van der Waals surface area contributed by atoms with Gasteiger partial charge in [0.25, 0.3) is 0 Å². The van der Waals surface area contributed by atoms with Gasteiger partial charge in [0.15, 0.2) is 6.39 Å². The Kier molecular flexibility index (Phi) is 3.09. The van der Waals surface area contributed by atoms with Crippen molar-refractivity contribution in [3.8, 4) is 0 Å². The number of oxazole rings is 1. The molecular weight excluding hydrogens is 190 g/mol. The molecule has 4 heteroatoms. The van der Waals surface area contributed by atoms with Crippen LogP contribution in [0.2, 0.25) is 0 Å². The van der Waals surface area contributed by atoms with Crippen LogP contribution in [0.15, 0.2) is 41.5 Å². The predicted octanol–water partition coefficient (Wildman–Crippen LogP) is 1.92. The summed E-state index contributed by atoms with van der Waals surface area (Å²) >= 11 is 0. The Bertz CT molecular complexity index is 385.